The molecule has 0 unspecified atom stereocenters. The Bertz CT molecular complexity index is 538. The third-order valence-corrected chi connectivity index (χ3v) is 6.04. The molecule has 298 valence electrons. The van der Waals surface area contributed by atoms with Gasteiger partial charge >= 0.3 is 0 Å². The summed E-state index contributed by atoms with van der Waals surface area (Å²) in [7, 11) is 0. The second-order valence-corrected chi connectivity index (χ2v) is 23.2. The van der Waals surface area contributed by atoms with Crippen LogP contribution >= 0.6 is 0 Å². The van der Waals surface area contributed by atoms with Gasteiger partial charge in [0.25, 0.3) is 0 Å². The first kappa shape index (κ1) is 65.3. The van der Waals surface area contributed by atoms with Crippen LogP contribution in [0.3, 0.4) is 0 Å². The molecular weight excluding hydrogens is 575 g/mol. The average Bonchev–Trinajstić information content (AvgIpc) is 2.61. The van der Waals surface area contributed by atoms with Crippen molar-refractivity contribution in [2.45, 2.75) is 252 Å². The maximum atomic E-state index is 11.7. The molecule has 0 aliphatic carbocycles. The molecule has 0 fully saturated rings. The third kappa shape index (κ3) is 184. The first-order valence-electron chi connectivity index (χ1n) is 19.0. The lowest BCUT2D eigenvalue weighted by atomic mass is 9.71. The maximum absolute atomic E-state index is 11.7. The minimum atomic E-state index is -1.00. The van der Waals surface area contributed by atoms with Crippen LogP contribution in [0.1, 0.15) is 241 Å². The summed E-state index contributed by atoms with van der Waals surface area (Å²) in [4.78, 5) is 0. The van der Waals surface area contributed by atoms with E-state index in [2.05, 4.69) is 180 Å². The van der Waals surface area contributed by atoms with Gasteiger partial charge in [0.1, 0.15) is 5.67 Å². The van der Waals surface area contributed by atoms with Crippen molar-refractivity contribution >= 4 is 0 Å². The van der Waals surface area contributed by atoms with Gasteiger partial charge in [0.15, 0.2) is 0 Å². The number of hydrogen-bond acceptors (Lipinski definition) is 1. The highest BCUT2D eigenvalue weighted by atomic mass is 19.1. The molecule has 0 rings (SSSR count). The van der Waals surface area contributed by atoms with Crippen LogP contribution < -0.4 is 0 Å². The molecule has 0 saturated carbocycles. The molecule has 0 aromatic rings. The minimum Gasteiger partial charge on any atom is -0.391 e. The fraction of sp³-hybridized carbons (Fsp3) is 1.00. The molecule has 0 aromatic heterocycles. The molecular formula is C45H105FO. The van der Waals surface area contributed by atoms with E-state index in [1.54, 1.807) is 20.8 Å². The highest BCUT2D eigenvalue weighted by Gasteiger charge is 2.26. The SMILES string of the molecule is CC(C)(C)C.CC(C)(C)C(C)(C)C.CC(C)(C)F.CC(C)(C)O.CC(C)C.CC(C)C(C)(C)C.CCC(C)(C)C.CCCC(C)(C)C. The Morgan fingerprint density at radius 2 is 0.596 bits per heavy atom. The summed E-state index contributed by atoms with van der Waals surface area (Å²) >= 11 is 0. The Balaban J connectivity index is -0.0000000622. The number of hydrogen-bond donors (Lipinski definition) is 1. The van der Waals surface area contributed by atoms with E-state index in [0.717, 1.165) is 11.8 Å². The molecule has 0 aliphatic heterocycles. The van der Waals surface area contributed by atoms with Gasteiger partial charge < -0.3 is 5.11 Å². The number of alkyl halides is 1. The summed E-state index contributed by atoms with van der Waals surface area (Å²) in [6.07, 6.45) is 3.92. The topological polar surface area (TPSA) is 20.2 Å². The molecule has 0 spiro atoms. The zero-order valence-corrected chi connectivity index (χ0v) is 40.1. The summed E-state index contributed by atoms with van der Waals surface area (Å²) in [5.74, 6) is 1.63. The van der Waals surface area contributed by atoms with Crippen molar-refractivity contribution in [2.24, 2.45) is 44.3 Å². The summed E-state index contributed by atoms with van der Waals surface area (Å²) in [5.41, 5.74) is 1.47. The number of rotatable bonds is 1. The predicted octanol–water partition coefficient (Wildman–Crippen LogP) is 17.3. The van der Waals surface area contributed by atoms with Crippen LogP contribution in [0.4, 0.5) is 4.39 Å². The maximum Gasteiger partial charge on any atom is 0.102 e. The lowest BCUT2D eigenvalue weighted by molar-refractivity contribution is 0.102. The zero-order valence-electron chi connectivity index (χ0n) is 40.1. The van der Waals surface area contributed by atoms with E-state index >= 15 is 0 Å². The van der Waals surface area contributed by atoms with Crippen molar-refractivity contribution in [1.29, 1.82) is 0 Å². The van der Waals surface area contributed by atoms with Crippen LogP contribution in [0, 0.1) is 44.3 Å². The molecule has 0 amide bonds. The van der Waals surface area contributed by atoms with Gasteiger partial charge in [-0.25, -0.2) is 4.39 Å². The van der Waals surface area contributed by atoms with Crippen LogP contribution in [0.2, 0.25) is 0 Å². The third-order valence-electron chi connectivity index (χ3n) is 6.04. The van der Waals surface area contributed by atoms with Crippen molar-refractivity contribution in [3.05, 3.63) is 0 Å². The molecule has 0 aromatic carbocycles. The summed E-state index contributed by atoms with van der Waals surface area (Å²) in [5, 5.41) is 8.52. The molecule has 0 heterocycles. The molecule has 1 nitrogen and oxygen atoms in total. The van der Waals surface area contributed by atoms with Crippen molar-refractivity contribution in [1.82, 2.24) is 0 Å². The fourth-order valence-electron chi connectivity index (χ4n) is 0.750. The van der Waals surface area contributed by atoms with Crippen molar-refractivity contribution in [3.63, 3.8) is 0 Å². The molecule has 0 aliphatic rings. The van der Waals surface area contributed by atoms with Gasteiger partial charge in [-0.2, -0.15) is 0 Å². The van der Waals surface area contributed by atoms with E-state index in [9.17, 15) is 4.39 Å². The highest BCUT2D eigenvalue weighted by molar-refractivity contribution is 4.77. The molecule has 0 atom stereocenters. The minimum absolute atomic E-state index is 0.437. The lowest BCUT2D eigenvalue weighted by Gasteiger charge is -2.34. The first-order valence-corrected chi connectivity index (χ1v) is 19.0. The summed E-state index contributed by atoms with van der Waals surface area (Å²) in [6.45, 7) is 67.9. The predicted molar refractivity (Wildman–Crippen MR) is 226 cm³/mol. The smallest absolute Gasteiger partial charge is 0.102 e. The highest BCUT2D eigenvalue weighted by Crippen LogP contribution is 2.36. The molecule has 0 radical (unpaired) electrons. The summed E-state index contributed by atoms with van der Waals surface area (Å²) < 4.78 is 11.7. The zero-order chi connectivity index (χ0) is 41.3. The molecule has 0 bridgehead atoms. The Morgan fingerprint density at radius 3 is 0.596 bits per heavy atom. The quantitative estimate of drug-likeness (QED) is 0.292. The van der Waals surface area contributed by atoms with Gasteiger partial charge in [0.2, 0.25) is 0 Å². The van der Waals surface area contributed by atoms with Crippen LogP contribution in [-0.2, 0) is 0 Å². The Hall–Kier alpha value is -0.110. The van der Waals surface area contributed by atoms with E-state index in [4.69, 9.17) is 5.11 Å². The van der Waals surface area contributed by atoms with E-state index < -0.39 is 11.3 Å². The second kappa shape index (κ2) is 28.6. The average molecular weight is 681 g/mol. The van der Waals surface area contributed by atoms with Gasteiger partial charge in [-0.1, -0.05) is 193 Å². The van der Waals surface area contributed by atoms with Gasteiger partial charge in [0.05, 0.1) is 5.60 Å². The normalized spacial score (nSPS) is 12.3. The first-order chi connectivity index (χ1) is 19.5. The van der Waals surface area contributed by atoms with E-state index in [0.29, 0.717) is 32.5 Å². The van der Waals surface area contributed by atoms with E-state index in [1.807, 2.05) is 0 Å². The fourth-order valence-corrected chi connectivity index (χ4v) is 0.750. The Kier molecular flexibility index (Phi) is 39.7. The van der Waals surface area contributed by atoms with Crippen LogP contribution in [0.5, 0.6) is 0 Å². The van der Waals surface area contributed by atoms with Gasteiger partial charge in [0, 0.05) is 0 Å². The Labute approximate surface area is 305 Å². The largest absolute Gasteiger partial charge is 0.391 e. The van der Waals surface area contributed by atoms with Crippen LogP contribution in [0.25, 0.3) is 0 Å². The van der Waals surface area contributed by atoms with Gasteiger partial charge in [-0.3, -0.25) is 0 Å². The van der Waals surface area contributed by atoms with E-state index in [-0.39, 0.29) is 0 Å². The monoisotopic (exact) mass is 681 g/mol. The molecule has 0 saturated heterocycles. The van der Waals surface area contributed by atoms with Gasteiger partial charge in [-0.05, 0) is 92.3 Å². The molecule has 1 N–H and O–H groups in total. The number of aliphatic hydroxyl groups is 1. The van der Waals surface area contributed by atoms with Crippen molar-refractivity contribution in [2.75, 3.05) is 0 Å². The lowest BCUT2D eigenvalue weighted by Crippen LogP contribution is -2.25. The Morgan fingerprint density at radius 1 is 0.468 bits per heavy atom. The standard InChI is InChI=1S/C8H18.2C7H16.C6H14.C5H12.C4H9F.C4H10O.C4H10/c1-7(2,3)8(4,5)6;1-6(2)7(3,4)5;1-5-6-7(2,3)4;1-5-6(2,3)4;1-5(2,3)4;2*1-4(2,3)5;1-4(2)3/h1-6H3;6H,1-5H3;5-6H2,1-4H3;5H2,1-4H3;1-4H3;1-3H3;5H,1-3H3;4H,1-3H3. The van der Waals surface area contributed by atoms with Crippen LogP contribution in [-0.4, -0.2) is 16.4 Å². The van der Waals surface area contributed by atoms with Crippen molar-refractivity contribution in [3.8, 4) is 0 Å². The molecule has 47 heavy (non-hydrogen) atoms. The number of halogens is 1. The van der Waals surface area contributed by atoms with Crippen molar-refractivity contribution < 1.29 is 9.50 Å². The van der Waals surface area contributed by atoms with Gasteiger partial charge in [-0.15, -0.1) is 0 Å². The van der Waals surface area contributed by atoms with E-state index in [1.165, 1.54) is 40.0 Å². The second-order valence-electron chi connectivity index (χ2n) is 23.2. The summed E-state index contributed by atoms with van der Waals surface area (Å²) in [6, 6.07) is 0. The van der Waals surface area contributed by atoms with Crippen LogP contribution in [0.15, 0.2) is 0 Å². The molecule has 2 heteroatoms.